The van der Waals surface area contributed by atoms with E-state index in [-0.39, 0.29) is 136 Å². The summed E-state index contributed by atoms with van der Waals surface area (Å²) in [6.07, 6.45) is 1.99. The van der Waals surface area contributed by atoms with Gasteiger partial charge in [-0.15, -0.1) is 22.7 Å². The largest absolute Gasteiger partial charge is 0.481 e. The van der Waals surface area contributed by atoms with Gasteiger partial charge in [0.1, 0.15) is 17.7 Å². The quantitative estimate of drug-likeness (QED) is 0.0249. The number of hydrazine groups is 2. The van der Waals surface area contributed by atoms with Gasteiger partial charge in [0.25, 0.3) is 0 Å². The van der Waals surface area contributed by atoms with Crippen LogP contribution in [0.2, 0.25) is 0 Å². The lowest BCUT2D eigenvalue weighted by molar-refractivity contribution is -0.549. The second-order valence-corrected chi connectivity index (χ2v) is 42.3. The van der Waals surface area contributed by atoms with E-state index in [1.54, 1.807) is 83.6 Å². The number of carbonyl (C=O) groups is 12. The van der Waals surface area contributed by atoms with Crippen LogP contribution in [0.4, 0.5) is 4.79 Å². The number of fused-ring (bicyclic) bond motifs is 4. The molecule has 10 aliphatic heterocycles. The number of nitrogens with one attached hydrogen (secondary N) is 8. The van der Waals surface area contributed by atoms with Gasteiger partial charge in [-0.3, -0.25) is 68.5 Å². The number of aromatic nitrogens is 2. The maximum atomic E-state index is 14.0. The van der Waals surface area contributed by atoms with Crippen LogP contribution < -0.4 is 42.8 Å². The number of carbonyl (C=O) groups excluding carboxylic acids is 11. The maximum Gasteiger partial charge on any atom is 0.407 e. The Morgan fingerprint density at radius 2 is 0.969 bits per heavy atom. The van der Waals surface area contributed by atoms with Gasteiger partial charge in [-0.1, -0.05) is 118 Å². The number of hydrogen-bond acceptors (Lipinski definition) is 26. The normalized spacial score (nSPS) is 29.9. The zero-order valence-corrected chi connectivity index (χ0v) is 80.0. The van der Waals surface area contributed by atoms with Crippen LogP contribution in [0.5, 0.6) is 0 Å². The molecule has 4 bridgehead atoms. The van der Waals surface area contributed by atoms with Crippen LogP contribution in [0.1, 0.15) is 229 Å². The predicted octanol–water partition coefficient (Wildman–Crippen LogP) is 8.43. The average molecular weight is 1860 g/mol. The topological polar surface area (TPSA) is 465 Å². The molecule has 2 saturated carbocycles. The van der Waals surface area contributed by atoms with Crippen molar-refractivity contribution in [1.29, 1.82) is 0 Å². The Morgan fingerprint density at radius 1 is 0.527 bits per heavy atom. The maximum absolute atomic E-state index is 14.0. The van der Waals surface area contributed by atoms with E-state index in [9.17, 15) is 67.7 Å². The van der Waals surface area contributed by atoms with Crippen molar-refractivity contribution >= 4 is 93.8 Å². The number of aliphatic hydroxyl groups is 2. The summed E-state index contributed by atoms with van der Waals surface area (Å²) in [7, 11) is 0. The number of ether oxygens (including phenoxy) is 3. The van der Waals surface area contributed by atoms with Crippen molar-refractivity contribution in [3.63, 3.8) is 0 Å². The third-order valence-corrected chi connectivity index (χ3v) is 29.4. The van der Waals surface area contributed by atoms with Crippen LogP contribution in [-0.4, -0.2) is 226 Å². The van der Waals surface area contributed by atoms with Gasteiger partial charge in [0.2, 0.25) is 70.6 Å². The van der Waals surface area contributed by atoms with E-state index < -0.39 is 130 Å². The molecule has 720 valence electrons. The minimum atomic E-state index is -1.08. The van der Waals surface area contributed by atoms with Crippen LogP contribution in [0.15, 0.2) is 59.6 Å². The minimum absolute atomic E-state index is 0.0571. The first kappa shape index (κ1) is 101. The Balaban J connectivity index is 0.000000193. The lowest BCUT2D eigenvalue weighted by atomic mass is 9.57. The fourth-order valence-corrected chi connectivity index (χ4v) is 21.9. The standard InChI is InChI=1S/C44H61N7O10S.C30H45N5O5S.C19H28N2O7/c1-24-8-13-31-25(2)39(57)51(41-44(31)30(24)16-18-43(7,59-41)60-61-44)49-35(55)15-14-33(53)45-19-17-34(54)48-37(42(4,5)6)40(58)50-22-29(52)20-32(50)38(56)46-21-27-9-11-28(12-10-27)36-26(3)47-23-62-36;1-19-26(41-18-33-19)21-10-8-20(9-11-21)15-32-27(38)23-14-22(36)16-35(23)17-24(29(2,3)4)34-25(37)12-13-31-28(39)40-30(5,6)7;1-10-4-5-13-11(2)16(25)21(20-14(22)6-7-15(23)24)17-19(13)12(10)8-9-18(3,26-17)27-28-19/h9-12,23-25,29-32,37,41,52H,8,13-22H2,1-7H3,(H,45,53)(H,46,56)(H,48,54)(H,49,55);8-11,18,22-24,36H,12-17H2,1-7H3,(H,31,39)(H,32,38)(H,34,37);10-13,17H,4-9H2,1-3H3,(H,20,22)(H,23,24). The number of β-amino-alcohol motifs (C(OH)–C–C–N with tert-alkyl or cyclic N) is 2. The molecule has 2 spiro atoms. The molecule has 2 aromatic heterocycles. The van der Waals surface area contributed by atoms with Gasteiger partial charge in [0, 0.05) is 127 Å². The van der Waals surface area contributed by atoms with Crippen LogP contribution in [0, 0.1) is 72.0 Å². The Hall–Kier alpha value is -9.22. The second kappa shape index (κ2) is 41.3. The van der Waals surface area contributed by atoms with Crippen molar-refractivity contribution in [3.8, 4) is 20.9 Å². The first-order chi connectivity index (χ1) is 61.6. The molecule has 2 aromatic carbocycles. The number of thiazole rings is 2. The Morgan fingerprint density at radius 3 is 1.42 bits per heavy atom. The van der Waals surface area contributed by atoms with E-state index in [0.29, 0.717) is 50.7 Å². The van der Waals surface area contributed by atoms with Crippen LogP contribution in [0.3, 0.4) is 0 Å². The Bertz CT molecular complexity index is 4810. The highest BCUT2D eigenvalue weighted by molar-refractivity contribution is 7.13. The number of aliphatic carboxylic acids is 1. The van der Waals surface area contributed by atoms with Crippen molar-refractivity contribution in [3.05, 3.63) is 82.1 Å². The van der Waals surface area contributed by atoms with Crippen molar-refractivity contribution in [2.24, 2.45) is 58.2 Å². The van der Waals surface area contributed by atoms with E-state index in [1.165, 1.54) is 14.9 Å². The molecule has 12 heterocycles. The number of aliphatic hydroxyl groups excluding tert-OH is 2. The molecule has 4 aromatic rings. The number of likely N-dealkylation sites (tertiary alicyclic amines) is 2. The van der Waals surface area contributed by atoms with E-state index in [0.717, 1.165) is 81.9 Å². The zero-order chi connectivity index (χ0) is 95.4. The molecule has 10 saturated heterocycles. The van der Waals surface area contributed by atoms with Gasteiger partial charge in [-0.05, 0) is 150 Å². The number of aryl methyl sites for hydroxylation is 2. The molecular formula is C93H134N14O22S2. The molecule has 36 nitrogen and oxygen atoms in total. The molecule has 11 N–H and O–H groups in total. The van der Waals surface area contributed by atoms with Crippen molar-refractivity contribution in [1.82, 2.24) is 72.5 Å². The molecule has 11 amide bonds. The number of nitrogens with zero attached hydrogens (tertiary/aromatic N) is 6. The lowest BCUT2D eigenvalue weighted by Crippen LogP contribution is -2.77. The highest BCUT2D eigenvalue weighted by atomic mass is 32.1. The molecule has 38 heteroatoms. The van der Waals surface area contributed by atoms with Gasteiger partial charge in [0.15, 0.2) is 23.7 Å². The third kappa shape index (κ3) is 23.4. The fourth-order valence-electron chi connectivity index (χ4n) is 20.2. The third-order valence-electron chi connectivity index (χ3n) is 27.5. The molecule has 0 radical (unpaired) electrons. The first-order valence-corrected chi connectivity index (χ1v) is 47.7. The van der Waals surface area contributed by atoms with Gasteiger partial charge in [-0.25, -0.2) is 44.3 Å². The highest BCUT2D eigenvalue weighted by Crippen LogP contribution is 2.62. The van der Waals surface area contributed by atoms with E-state index in [4.69, 9.17) is 38.9 Å². The SMILES string of the molecule is CC1CCC2C(C)C(=O)N(NC(=O)CCC(=O)O)C3OC4(C)CCC1C23OO4.Cc1ncsc1-c1ccc(CNC(=O)C2CC(O)CN2C(=O)C(NC(=O)CCNC(=O)CCC(=O)NN2C(=O)C(C)C3CCC(C)C4CCC5(C)OOC43C2O5)C(C)(C)C)cc1.Cc1ncsc1-c1ccc(CNC(=O)C2CC(O)CN2CC(NC(=O)CCNC(=O)OC(C)(C)C)C(C)(C)C)cc1. The molecule has 2 aliphatic carbocycles. The number of alkyl carbamates (subject to hydrolysis) is 1. The van der Waals surface area contributed by atoms with Gasteiger partial charge >= 0.3 is 12.1 Å². The molecule has 12 fully saturated rings. The molecule has 20 unspecified atom stereocenters. The first-order valence-electron chi connectivity index (χ1n) is 45.9. The summed E-state index contributed by atoms with van der Waals surface area (Å²) in [5, 5.41) is 49.4. The molecule has 16 rings (SSSR count). The van der Waals surface area contributed by atoms with Gasteiger partial charge in [-0.2, -0.15) is 0 Å². The number of carboxylic acids is 1. The molecule has 12 aliphatic rings. The summed E-state index contributed by atoms with van der Waals surface area (Å²) in [5.74, 6) is -7.18. The van der Waals surface area contributed by atoms with Crippen LogP contribution >= 0.6 is 22.7 Å². The number of hydrogen-bond donors (Lipinski definition) is 11. The summed E-state index contributed by atoms with van der Waals surface area (Å²) >= 11 is 3.16. The fraction of sp³-hybridized carbons (Fsp3) is 0.677. The summed E-state index contributed by atoms with van der Waals surface area (Å²) in [4.78, 5) is 193. The van der Waals surface area contributed by atoms with Gasteiger partial charge < -0.3 is 66.3 Å². The summed E-state index contributed by atoms with van der Waals surface area (Å²) < 4.78 is 17.9. The van der Waals surface area contributed by atoms with E-state index in [1.807, 2.05) is 107 Å². The second-order valence-electron chi connectivity index (χ2n) is 40.6. The highest BCUT2D eigenvalue weighted by Gasteiger charge is 2.73. The lowest BCUT2D eigenvalue weighted by Gasteiger charge is -2.61. The number of rotatable bonds is 27. The van der Waals surface area contributed by atoms with Crippen molar-refractivity contribution in [2.45, 2.75) is 311 Å². The predicted molar refractivity (Wildman–Crippen MR) is 480 cm³/mol. The Kier molecular flexibility index (Phi) is 31.8. The number of amides is 11. The smallest absolute Gasteiger partial charge is 0.407 e. The van der Waals surface area contributed by atoms with Gasteiger partial charge in [0.05, 0.1) is 56.8 Å². The zero-order valence-electron chi connectivity index (χ0n) is 78.4. The molecule has 131 heavy (non-hydrogen) atoms. The number of benzene rings is 2. The molecular weight excluding hydrogens is 1730 g/mol. The van der Waals surface area contributed by atoms with E-state index in [2.05, 4.69) is 66.6 Å². The minimum Gasteiger partial charge on any atom is -0.481 e. The average Bonchev–Trinajstić information content (AvgIpc) is 1.65. The van der Waals surface area contributed by atoms with E-state index >= 15 is 0 Å². The van der Waals surface area contributed by atoms with Crippen molar-refractivity contribution < 1.29 is 107 Å². The van der Waals surface area contributed by atoms with Crippen LogP contribution in [-0.2, 0) is 99.6 Å². The monoisotopic (exact) mass is 1860 g/mol. The Labute approximate surface area is 773 Å². The number of piperidine rings is 2. The molecule has 20 atom stereocenters. The summed E-state index contributed by atoms with van der Waals surface area (Å²) in [6, 6.07) is 13.1. The van der Waals surface area contributed by atoms with Crippen molar-refractivity contribution in [2.75, 3.05) is 32.7 Å². The summed E-state index contributed by atoms with van der Waals surface area (Å²) in [5.41, 5.74) is 11.4. The number of carboxylic acid groups (broad SMARTS) is 1. The van der Waals surface area contributed by atoms with Crippen LogP contribution in [0.25, 0.3) is 20.9 Å². The summed E-state index contributed by atoms with van der Waals surface area (Å²) in [6.45, 7) is 33.7.